The van der Waals surface area contributed by atoms with Gasteiger partial charge < -0.3 is 15.7 Å². The summed E-state index contributed by atoms with van der Waals surface area (Å²) in [6.45, 7) is 0. The van der Waals surface area contributed by atoms with Crippen LogP contribution in [0.25, 0.3) is 11.4 Å². The predicted octanol–water partition coefficient (Wildman–Crippen LogP) is 6.66. The number of para-hydroxylation sites is 2. The zero-order valence-corrected chi connectivity index (χ0v) is 17.6. The van der Waals surface area contributed by atoms with Crippen molar-refractivity contribution in [1.29, 1.82) is 0 Å². The molecule has 0 spiro atoms. The summed E-state index contributed by atoms with van der Waals surface area (Å²) in [7, 11) is 0. The topological polar surface area (TPSA) is 49.5 Å². The number of nitrogens with zero attached hydrogens (tertiary/aromatic N) is 1. The molecule has 0 atom stereocenters. The fourth-order valence-electron chi connectivity index (χ4n) is 4.18. The van der Waals surface area contributed by atoms with Gasteiger partial charge in [0, 0.05) is 5.92 Å². The van der Waals surface area contributed by atoms with Gasteiger partial charge in [0.25, 0.3) is 0 Å². The van der Waals surface area contributed by atoms with Crippen LogP contribution in [-0.4, -0.2) is 5.11 Å². The van der Waals surface area contributed by atoms with Crippen LogP contribution < -0.4 is 10.6 Å². The molecule has 0 saturated heterocycles. The summed E-state index contributed by atoms with van der Waals surface area (Å²) in [5, 5.41) is 9.78. The maximum absolute atomic E-state index is 9.78. The number of phenols is 1. The van der Waals surface area contributed by atoms with Gasteiger partial charge in [0.1, 0.15) is 5.75 Å². The van der Waals surface area contributed by atoms with Crippen molar-refractivity contribution in [2.24, 2.45) is 0 Å². The van der Waals surface area contributed by atoms with Gasteiger partial charge in [0.05, 0.1) is 22.8 Å². The Hall–Kier alpha value is -4.24. The molecule has 0 bridgehead atoms. The SMILES string of the molecule is Nc1ccccc1N1C(c2ccccc2)=CC(c2ccc(O)cc2)C=C1c1ccccc1. The Morgan fingerprint density at radius 2 is 1.09 bits per heavy atom. The average Bonchev–Trinajstić information content (AvgIpc) is 2.85. The second kappa shape index (κ2) is 8.48. The number of nitrogens with two attached hydrogens (primary N) is 1. The molecule has 0 fully saturated rings. The van der Waals surface area contributed by atoms with Crippen molar-refractivity contribution >= 4 is 22.8 Å². The first-order valence-electron chi connectivity index (χ1n) is 10.7. The van der Waals surface area contributed by atoms with E-state index in [1.54, 1.807) is 12.1 Å². The van der Waals surface area contributed by atoms with Gasteiger partial charge >= 0.3 is 0 Å². The lowest BCUT2D eigenvalue weighted by Crippen LogP contribution is -2.25. The fraction of sp³-hybridized carbons (Fsp3) is 0.0345. The highest BCUT2D eigenvalue weighted by Gasteiger charge is 2.27. The van der Waals surface area contributed by atoms with E-state index in [1.165, 1.54) is 0 Å². The molecule has 3 heteroatoms. The number of hydrogen-bond donors (Lipinski definition) is 2. The Bertz CT molecular complexity index is 1220. The Kier molecular flexibility index (Phi) is 5.22. The minimum Gasteiger partial charge on any atom is -0.508 e. The Morgan fingerprint density at radius 1 is 0.594 bits per heavy atom. The van der Waals surface area contributed by atoms with Crippen LogP contribution in [0, 0.1) is 0 Å². The van der Waals surface area contributed by atoms with Gasteiger partial charge in [0.15, 0.2) is 0 Å². The molecular formula is C29H24N2O. The second-order valence-electron chi connectivity index (χ2n) is 7.85. The van der Waals surface area contributed by atoms with Crippen LogP contribution in [0.1, 0.15) is 22.6 Å². The molecular weight excluding hydrogens is 392 g/mol. The van der Waals surface area contributed by atoms with Crippen molar-refractivity contribution in [3.63, 3.8) is 0 Å². The zero-order valence-electron chi connectivity index (χ0n) is 17.6. The Morgan fingerprint density at radius 3 is 1.62 bits per heavy atom. The van der Waals surface area contributed by atoms with E-state index in [-0.39, 0.29) is 11.7 Å². The highest BCUT2D eigenvalue weighted by Crippen LogP contribution is 2.43. The van der Waals surface area contributed by atoms with E-state index >= 15 is 0 Å². The molecule has 3 nitrogen and oxygen atoms in total. The van der Waals surface area contributed by atoms with E-state index in [0.29, 0.717) is 0 Å². The number of anilines is 2. The van der Waals surface area contributed by atoms with Crippen LogP contribution in [0.2, 0.25) is 0 Å². The van der Waals surface area contributed by atoms with E-state index < -0.39 is 0 Å². The van der Waals surface area contributed by atoms with E-state index in [0.717, 1.165) is 39.5 Å². The standard InChI is InChI=1S/C29H24N2O/c30-26-13-7-8-14-27(26)31-28(22-9-3-1-4-10-22)19-24(21-15-17-25(32)18-16-21)20-29(31)23-11-5-2-6-12-23/h1-20,24,32H,30H2. The largest absolute Gasteiger partial charge is 0.508 e. The van der Waals surface area contributed by atoms with E-state index in [9.17, 15) is 5.11 Å². The van der Waals surface area contributed by atoms with Crippen LogP contribution in [0.5, 0.6) is 5.75 Å². The fourth-order valence-corrected chi connectivity index (χ4v) is 4.18. The quantitative estimate of drug-likeness (QED) is 0.366. The van der Waals surface area contributed by atoms with Crippen molar-refractivity contribution in [2.75, 3.05) is 10.6 Å². The van der Waals surface area contributed by atoms with Crippen molar-refractivity contribution in [3.05, 3.63) is 138 Å². The van der Waals surface area contributed by atoms with Crippen LogP contribution in [0.3, 0.4) is 0 Å². The minimum atomic E-state index is 0.0437. The molecule has 156 valence electrons. The Balaban J connectivity index is 1.75. The Labute approximate surface area is 188 Å². The third kappa shape index (κ3) is 3.77. The van der Waals surface area contributed by atoms with Crippen molar-refractivity contribution in [3.8, 4) is 5.75 Å². The number of benzene rings is 4. The first-order chi connectivity index (χ1) is 15.7. The summed E-state index contributed by atoms with van der Waals surface area (Å²) in [4.78, 5) is 2.25. The molecule has 0 saturated carbocycles. The third-order valence-corrected chi connectivity index (χ3v) is 5.75. The molecule has 1 aliphatic rings. The summed E-state index contributed by atoms with van der Waals surface area (Å²) in [6.07, 6.45) is 4.53. The lowest BCUT2D eigenvalue weighted by atomic mass is 9.89. The number of rotatable bonds is 4. The third-order valence-electron chi connectivity index (χ3n) is 5.75. The molecule has 0 radical (unpaired) electrons. The van der Waals surface area contributed by atoms with Crippen LogP contribution in [-0.2, 0) is 0 Å². The van der Waals surface area contributed by atoms with E-state index in [2.05, 4.69) is 71.6 Å². The van der Waals surface area contributed by atoms with Gasteiger partial charge in [-0.3, -0.25) is 0 Å². The molecule has 0 aliphatic carbocycles. The van der Waals surface area contributed by atoms with Gasteiger partial charge in [-0.15, -0.1) is 0 Å². The lowest BCUT2D eigenvalue weighted by Gasteiger charge is -2.36. The predicted molar refractivity (Wildman–Crippen MR) is 133 cm³/mol. The molecule has 1 heterocycles. The normalized spacial score (nSPS) is 14.1. The average molecular weight is 417 g/mol. The molecule has 0 unspecified atom stereocenters. The summed E-state index contributed by atoms with van der Waals surface area (Å²) in [6, 6.07) is 36.2. The molecule has 4 aromatic carbocycles. The van der Waals surface area contributed by atoms with Crippen LogP contribution >= 0.6 is 0 Å². The number of allylic oxidation sites excluding steroid dienone is 2. The van der Waals surface area contributed by atoms with E-state index in [4.69, 9.17) is 5.73 Å². The highest BCUT2D eigenvalue weighted by molar-refractivity contribution is 6.00. The van der Waals surface area contributed by atoms with Crippen molar-refractivity contribution in [1.82, 2.24) is 0 Å². The number of phenolic OH excluding ortho intramolecular Hbond substituents is 1. The van der Waals surface area contributed by atoms with Gasteiger partial charge in [-0.05, 0) is 53.1 Å². The molecule has 0 aromatic heterocycles. The van der Waals surface area contributed by atoms with Crippen molar-refractivity contribution < 1.29 is 5.11 Å². The van der Waals surface area contributed by atoms with Gasteiger partial charge in [-0.1, -0.05) is 84.9 Å². The second-order valence-corrected chi connectivity index (χ2v) is 7.85. The summed E-state index contributed by atoms with van der Waals surface area (Å²) >= 11 is 0. The van der Waals surface area contributed by atoms with Gasteiger partial charge in [-0.25, -0.2) is 0 Å². The maximum atomic E-state index is 9.78. The molecule has 3 N–H and O–H groups in total. The summed E-state index contributed by atoms with van der Waals surface area (Å²) in [5.41, 5.74) is 13.6. The maximum Gasteiger partial charge on any atom is 0.115 e. The highest BCUT2D eigenvalue weighted by atomic mass is 16.3. The summed E-state index contributed by atoms with van der Waals surface area (Å²) < 4.78 is 0. The smallest absolute Gasteiger partial charge is 0.115 e. The van der Waals surface area contributed by atoms with Crippen LogP contribution in [0.4, 0.5) is 11.4 Å². The monoisotopic (exact) mass is 416 g/mol. The molecule has 1 aliphatic heterocycles. The van der Waals surface area contributed by atoms with E-state index in [1.807, 2.05) is 42.5 Å². The van der Waals surface area contributed by atoms with Gasteiger partial charge in [0.2, 0.25) is 0 Å². The molecule has 0 amide bonds. The first-order valence-corrected chi connectivity index (χ1v) is 10.7. The lowest BCUT2D eigenvalue weighted by molar-refractivity contribution is 0.475. The zero-order chi connectivity index (χ0) is 21.9. The minimum absolute atomic E-state index is 0.0437. The number of nitrogen functional groups attached to an aromatic ring is 1. The van der Waals surface area contributed by atoms with Gasteiger partial charge in [-0.2, -0.15) is 0 Å². The molecule has 32 heavy (non-hydrogen) atoms. The first kappa shape index (κ1) is 19.7. The summed E-state index contributed by atoms with van der Waals surface area (Å²) in [5.74, 6) is 0.310. The molecule has 4 aromatic rings. The van der Waals surface area contributed by atoms with Crippen molar-refractivity contribution in [2.45, 2.75) is 5.92 Å². The number of hydrogen-bond acceptors (Lipinski definition) is 3. The number of aromatic hydroxyl groups is 1. The van der Waals surface area contributed by atoms with Crippen LogP contribution in [0.15, 0.2) is 121 Å². The molecule has 5 rings (SSSR count).